The molecule has 2 atom stereocenters. The molecule has 3 heterocycles. The first-order chi connectivity index (χ1) is 12.5. The molecule has 6 nitrogen and oxygen atoms in total. The summed E-state index contributed by atoms with van der Waals surface area (Å²) < 4.78 is 40.3. The van der Waals surface area contributed by atoms with Crippen LogP contribution in [0.15, 0.2) is 11.4 Å². The standard InChI is InChI=1S/C17H21F3N4O2S/c1-4-11-8-23(6-5-16(11,3)26)14(25)12-9-27-15(21-12)24-13(17(18,19)20)7-10(2)22-24/h7,9,11,26H,4-6,8H2,1-3H3/t11-,16+/m0/s1. The fraction of sp³-hybridized carbons (Fsp3) is 0.588. The second-order valence-electron chi connectivity index (χ2n) is 7.06. The van der Waals surface area contributed by atoms with E-state index in [1.54, 1.807) is 11.8 Å². The van der Waals surface area contributed by atoms with Crippen molar-refractivity contribution in [3.63, 3.8) is 0 Å². The van der Waals surface area contributed by atoms with Crippen molar-refractivity contribution in [3.8, 4) is 5.13 Å². The van der Waals surface area contributed by atoms with Crippen molar-refractivity contribution >= 4 is 17.2 Å². The molecule has 2 aromatic rings. The van der Waals surface area contributed by atoms with E-state index in [-0.39, 0.29) is 28.3 Å². The number of carbonyl (C=O) groups is 1. The van der Waals surface area contributed by atoms with Crippen molar-refractivity contribution in [2.75, 3.05) is 13.1 Å². The van der Waals surface area contributed by atoms with E-state index >= 15 is 0 Å². The molecule has 0 bridgehead atoms. The second-order valence-corrected chi connectivity index (χ2v) is 7.90. The van der Waals surface area contributed by atoms with Crippen LogP contribution in [-0.2, 0) is 6.18 Å². The lowest BCUT2D eigenvalue weighted by atomic mass is 9.81. The lowest BCUT2D eigenvalue weighted by Gasteiger charge is -2.42. The van der Waals surface area contributed by atoms with Crippen molar-refractivity contribution < 1.29 is 23.1 Å². The van der Waals surface area contributed by atoms with E-state index in [4.69, 9.17) is 0 Å². The van der Waals surface area contributed by atoms with Gasteiger partial charge < -0.3 is 10.0 Å². The van der Waals surface area contributed by atoms with Gasteiger partial charge in [0.05, 0.1) is 11.3 Å². The van der Waals surface area contributed by atoms with Gasteiger partial charge in [0, 0.05) is 24.4 Å². The van der Waals surface area contributed by atoms with Gasteiger partial charge in [-0.15, -0.1) is 11.3 Å². The zero-order chi connectivity index (χ0) is 20.0. The average Bonchev–Trinajstić information content (AvgIpc) is 3.20. The smallest absolute Gasteiger partial charge is 0.390 e. The highest BCUT2D eigenvalue weighted by Crippen LogP contribution is 2.33. The molecular weight excluding hydrogens is 381 g/mol. The maximum Gasteiger partial charge on any atom is 0.433 e. The van der Waals surface area contributed by atoms with Gasteiger partial charge in [-0.3, -0.25) is 4.79 Å². The summed E-state index contributed by atoms with van der Waals surface area (Å²) in [6, 6.07) is 0.946. The molecule has 148 valence electrons. The Kier molecular flexibility index (Phi) is 5.06. The first kappa shape index (κ1) is 19.8. The fourth-order valence-corrected chi connectivity index (χ4v) is 4.10. The molecule has 0 radical (unpaired) electrons. The van der Waals surface area contributed by atoms with Gasteiger partial charge in [0.2, 0.25) is 5.13 Å². The van der Waals surface area contributed by atoms with E-state index < -0.39 is 17.5 Å². The van der Waals surface area contributed by atoms with E-state index in [0.717, 1.165) is 28.5 Å². The van der Waals surface area contributed by atoms with Crippen molar-refractivity contribution in [3.05, 3.63) is 28.5 Å². The number of likely N-dealkylation sites (tertiary alicyclic amines) is 1. The molecule has 0 saturated carbocycles. The summed E-state index contributed by atoms with van der Waals surface area (Å²) >= 11 is 0.937. The third kappa shape index (κ3) is 3.86. The number of aromatic nitrogens is 3. The Bertz CT molecular complexity index is 844. The van der Waals surface area contributed by atoms with Crippen molar-refractivity contribution in [1.29, 1.82) is 0 Å². The molecule has 2 aromatic heterocycles. The number of rotatable bonds is 3. The molecule has 0 aliphatic carbocycles. The van der Waals surface area contributed by atoms with Gasteiger partial charge in [0.1, 0.15) is 5.69 Å². The summed E-state index contributed by atoms with van der Waals surface area (Å²) in [6.45, 7) is 5.96. The maximum atomic E-state index is 13.2. The van der Waals surface area contributed by atoms with E-state index in [1.807, 2.05) is 6.92 Å². The summed E-state index contributed by atoms with van der Waals surface area (Å²) in [5, 5.41) is 15.7. The normalized spacial score (nSPS) is 23.7. The second kappa shape index (κ2) is 6.90. The average molecular weight is 402 g/mol. The number of hydrogen-bond donors (Lipinski definition) is 1. The fourth-order valence-electron chi connectivity index (χ4n) is 3.34. The first-order valence-electron chi connectivity index (χ1n) is 8.64. The third-order valence-electron chi connectivity index (χ3n) is 5.00. The number of alkyl halides is 3. The molecular formula is C17H21F3N4O2S. The highest BCUT2D eigenvalue weighted by atomic mass is 32.1. The van der Waals surface area contributed by atoms with Crippen molar-refractivity contribution in [2.45, 2.75) is 45.4 Å². The van der Waals surface area contributed by atoms with Crippen LogP contribution in [0.3, 0.4) is 0 Å². The number of aliphatic hydroxyl groups is 1. The van der Waals surface area contributed by atoms with Crippen molar-refractivity contribution in [1.82, 2.24) is 19.7 Å². The minimum absolute atomic E-state index is 0.00479. The zero-order valence-corrected chi connectivity index (χ0v) is 16.1. The molecule has 10 heteroatoms. The molecule has 1 saturated heterocycles. The Hall–Kier alpha value is -1.94. The van der Waals surface area contributed by atoms with Crippen LogP contribution in [0.4, 0.5) is 13.2 Å². The molecule has 27 heavy (non-hydrogen) atoms. The first-order valence-corrected chi connectivity index (χ1v) is 9.52. The van der Waals surface area contributed by atoms with Crippen LogP contribution in [0.25, 0.3) is 5.13 Å². The number of piperidine rings is 1. The highest BCUT2D eigenvalue weighted by molar-refractivity contribution is 7.12. The molecule has 1 fully saturated rings. The van der Waals surface area contributed by atoms with Gasteiger partial charge >= 0.3 is 6.18 Å². The molecule has 1 aliphatic heterocycles. The Morgan fingerprint density at radius 3 is 2.81 bits per heavy atom. The van der Waals surface area contributed by atoms with Gasteiger partial charge in [-0.1, -0.05) is 6.92 Å². The summed E-state index contributed by atoms with van der Waals surface area (Å²) in [6.07, 6.45) is -3.39. The molecule has 1 aliphatic rings. The Morgan fingerprint density at radius 2 is 2.19 bits per heavy atom. The minimum Gasteiger partial charge on any atom is -0.390 e. The molecule has 0 unspecified atom stereocenters. The number of halogens is 3. The van der Waals surface area contributed by atoms with E-state index in [1.165, 1.54) is 12.3 Å². The van der Waals surface area contributed by atoms with Crippen LogP contribution in [0.1, 0.15) is 48.6 Å². The molecule has 1 N–H and O–H groups in total. The Labute approximate surface area is 158 Å². The van der Waals surface area contributed by atoms with Crippen LogP contribution in [-0.4, -0.2) is 49.4 Å². The Balaban J connectivity index is 1.84. The number of amides is 1. The van der Waals surface area contributed by atoms with Crippen molar-refractivity contribution in [2.24, 2.45) is 5.92 Å². The van der Waals surface area contributed by atoms with Crippen LogP contribution in [0.2, 0.25) is 0 Å². The van der Waals surface area contributed by atoms with Crippen LogP contribution in [0.5, 0.6) is 0 Å². The number of hydrogen-bond acceptors (Lipinski definition) is 5. The third-order valence-corrected chi connectivity index (χ3v) is 5.82. The summed E-state index contributed by atoms with van der Waals surface area (Å²) in [5.74, 6) is -0.400. The predicted molar refractivity (Wildman–Crippen MR) is 93.9 cm³/mol. The number of carbonyl (C=O) groups excluding carboxylic acids is 1. The van der Waals surface area contributed by atoms with Gasteiger partial charge in [-0.05, 0) is 32.8 Å². The molecule has 1 amide bonds. The number of aryl methyl sites for hydroxylation is 1. The maximum absolute atomic E-state index is 13.2. The monoisotopic (exact) mass is 402 g/mol. The SMILES string of the molecule is CC[C@H]1CN(C(=O)c2csc(-n3nc(C)cc3C(F)(F)F)n2)CC[C@@]1(C)O. The lowest BCUT2D eigenvalue weighted by Crippen LogP contribution is -2.51. The molecule has 0 spiro atoms. The van der Waals surface area contributed by atoms with Gasteiger partial charge in [0.15, 0.2) is 5.69 Å². The highest BCUT2D eigenvalue weighted by Gasteiger charge is 2.39. The van der Waals surface area contributed by atoms with Gasteiger partial charge in [0.25, 0.3) is 5.91 Å². The van der Waals surface area contributed by atoms with E-state index in [2.05, 4.69) is 10.1 Å². The van der Waals surface area contributed by atoms with Crippen LogP contribution in [0, 0.1) is 12.8 Å². The summed E-state index contributed by atoms with van der Waals surface area (Å²) in [5.41, 5.74) is -1.44. The Morgan fingerprint density at radius 1 is 1.48 bits per heavy atom. The summed E-state index contributed by atoms with van der Waals surface area (Å²) in [4.78, 5) is 18.4. The molecule has 0 aromatic carbocycles. The predicted octanol–water partition coefficient (Wildman–Crippen LogP) is 3.28. The van der Waals surface area contributed by atoms with Crippen LogP contribution >= 0.6 is 11.3 Å². The largest absolute Gasteiger partial charge is 0.433 e. The quantitative estimate of drug-likeness (QED) is 0.855. The number of nitrogens with zero attached hydrogens (tertiary/aromatic N) is 4. The van der Waals surface area contributed by atoms with Gasteiger partial charge in [-0.2, -0.15) is 18.3 Å². The topological polar surface area (TPSA) is 71.2 Å². The minimum atomic E-state index is -4.57. The van der Waals surface area contributed by atoms with E-state index in [9.17, 15) is 23.1 Å². The van der Waals surface area contributed by atoms with E-state index in [0.29, 0.717) is 19.5 Å². The summed E-state index contributed by atoms with van der Waals surface area (Å²) in [7, 11) is 0. The van der Waals surface area contributed by atoms with Crippen LogP contribution < -0.4 is 0 Å². The lowest BCUT2D eigenvalue weighted by molar-refractivity contribution is -0.142. The van der Waals surface area contributed by atoms with Gasteiger partial charge in [-0.25, -0.2) is 9.67 Å². The molecule has 3 rings (SSSR count). The zero-order valence-electron chi connectivity index (χ0n) is 15.2. The number of thiazole rings is 1.